The summed E-state index contributed by atoms with van der Waals surface area (Å²) in [5.41, 5.74) is 2.68. The first-order valence-corrected chi connectivity index (χ1v) is 25.2. The summed E-state index contributed by atoms with van der Waals surface area (Å²) >= 11 is 0. The molecule has 56 heavy (non-hydrogen) atoms. The van der Waals surface area contributed by atoms with Crippen LogP contribution in [0.15, 0.2) is 97.5 Å². The van der Waals surface area contributed by atoms with Crippen molar-refractivity contribution >= 4 is 33.5 Å². The number of hydrogen-bond acceptors (Lipinski definition) is 9. The third kappa shape index (κ3) is 7.92. The Morgan fingerprint density at radius 3 is 1.79 bits per heavy atom. The molecule has 1 saturated heterocycles. The predicted molar refractivity (Wildman–Crippen MR) is 229 cm³/mol. The van der Waals surface area contributed by atoms with Crippen molar-refractivity contribution in [3.05, 3.63) is 114 Å². The number of aliphatic hydroxyl groups excluding tert-OH is 1. The Hall–Kier alpha value is -4.05. The van der Waals surface area contributed by atoms with Crippen LogP contribution in [-0.4, -0.2) is 75.4 Å². The maximum atomic E-state index is 12.2. The van der Waals surface area contributed by atoms with Crippen molar-refractivity contribution in [2.24, 2.45) is 0 Å². The fourth-order valence-electron chi connectivity index (χ4n) is 6.79. The van der Waals surface area contributed by atoms with Crippen LogP contribution in [0.5, 0.6) is 11.5 Å². The summed E-state index contributed by atoms with van der Waals surface area (Å²) in [5, 5.41) is 16.8. The molecule has 12 heteroatoms. The van der Waals surface area contributed by atoms with E-state index in [9.17, 15) is 5.11 Å². The first-order chi connectivity index (χ1) is 26.3. The monoisotopic (exact) mass is 796 g/mol. The first-order valence-electron chi connectivity index (χ1n) is 19.4. The van der Waals surface area contributed by atoms with Crippen molar-refractivity contribution in [2.75, 3.05) is 26.1 Å². The maximum Gasteiger partial charge on any atom is 0.192 e. The molecule has 5 aromatic rings. The van der Waals surface area contributed by atoms with Gasteiger partial charge in [-0.3, -0.25) is 0 Å². The molecule has 10 nitrogen and oxygen atoms in total. The lowest BCUT2D eigenvalue weighted by Gasteiger charge is -2.41. The number of aliphatic hydroxyl groups is 1. The van der Waals surface area contributed by atoms with E-state index >= 15 is 0 Å². The van der Waals surface area contributed by atoms with Crippen molar-refractivity contribution < 1.29 is 28.2 Å². The second-order valence-corrected chi connectivity index (χ2v) is 27.4. The minimum Gasteiger partial charge on any atom is -0.497 e. The summed E-state index contributed by atoms with van der Waals surface area (Å²) in [4.78, 5) is 9.64. The number of aromatic nitrogens is 3. The van der Waals surface area contributed by atoms with Crippen LogP contribution in [0.25, 0.3) is 11.0 Å². The molecule has 1 aliphatic heterocycles. The molecule has 3 aromatic carbocycles. The zero-order valence-electron chi connectivity index (χ0n) is 35.1. The maximum absolute atomic E-state index is 12.2. The van der Waals surface area contributed by atoms with Crippen LogP contribution in [0.4, 0.5) is 5.82 Å². The molecule has 0 aliphatic carbocycles. The normalized spacial score (nSPS) is 19.7. The van der Waals surface area contributed by atoms with Crippen LogP contribution in [0, 0.1) is 0 Å². The van der Waals surface area contributed by atoms with Gasteiger partial charge in [0.05, 0.1) is 26.2 Å². The highest BCUT2D eigenvalue weighted by Gasteiger charge is 2.51. The molecule has 0 amide bonds. The van der Waals surface area contributed by atoms with Crippen LogP contribution in [0.2, 0.25) is 36.3 Å². The van der Waals surface area contributed by atoms with E-state index in [4.69, 9.17) is 33.0 Å². The molecule has 0 spiro atoms. The lowest BCUT2D eigenvalue weighted by atomic mass is 9.77. The minimum atomic E-state index is -2.32. The van der Waals surface area contributed by atoms with Crippen LogP contribution in [0.3, 0.4) is 0 Å². The molecule has 1 aliphatic rings. The Kier molecular flexibility index (Phi) is 11.7. The quantitative estimate of drug-likeness (QED) is 0.0890. The summed E-state index contributed by atoms with van der Waals surface area (Å²) in [6.45, 7) is 22.5. The standard InChI is InChI=1S/C44H60N4O6Si2/c1-42(2,3)55(9,10)52-28-36-38(54-56(11,12)43(4,5)6)37(49)41(53-36)48-27-26-35-39(45-29-46-40(35)48)47-44(30-16-14-13-15-17-30,31-18-22-33(50-7)23-19-31)32-20-24-34(51-8)25-21-32/h13-27,29,36-38,41,49H,28H2,1-12H3,(H,45,46,47)/t36-,37-,38-,41?/m1/s1. The van der Waals surface area contributed by atoms with E-state index in [2.05, 4.69) is 109 Å². The Morgan fingerprint density at radius 1 is 0.732 bits per heavy atom. The molecule has 6 rings (SSSR count). The van der Waals surface area contributed by atoms with Gasteiger partial charge in [-0.05, 0) is 83.3 Å². The molecule has 1 unspecified atom stereocenters. The highest BCUT2D eigenvalue weighted by molar-refractivity contribution is 6.74. The Bertz CT molecular complexity index is 2030. The van der Waals surface area contributed by atoms with Crippen LogP contribution >= 0.6 is 0 Å². The molecule has 300 valence electrons. The van der Waals surface area contributed by atoms with Gasteiger partial charge in [0.1, 0.15) is 53.1 Å². The van der Waals surface area contributed by atoms with Gasteiger partial charge in [-0.1, -0.05) is 96.1 Å². The van der Waals surface area contributed by atoms with Gasteiger partial charge in [0.2, 0.25) is 0 Å². The average Bonchev–Trinajstić information content (AvgIpc) is 3.73. The highest BCUT2D eigenvalue weighted by atomic mass is 28.4. The lowest BCUT2D eigenvalue weighted by Crippen LogP contribution is -2.51. The van der Waals surface area contributed by atoms with Crippen LogP contribution < -0.4 is 14.8 Å². The van der Waals surface area contributed by atoms with Crippen molar-refractivity contribution in [1.82, 2.24) is 14.5 Å². The number of hydrogen-bond donors (Lipinski definition) is 2. The molecular weight excluding hydrogens is 737 g/mol. The number of methoxy groups -OCH3 is 2. The highest BCUT2D eigenvalue weighted by Crippen LogP contribution is 2.45. The number of rotatable bonds is 13. The van der Waals surface area contributed by atoms with Crippen molar-refractivity contribution in [2.45, 2.75) is 108 Å². The van der Waals surface area contributed by atoms with E-state index in [1.807, 2.05) is 59.3 Å². The predicted octanol–water partition coefficient (Wildman–Crippen LogP) is 9.52. The average molecular weight is 797 g/mol. The first kappa shape index (κ1) is 41.6. The third-order valence-electron chi connectivity index (χ3n) is 12.3. The van der Waals surface area contributed by atoms with Crippen molar-refractivity contribution in [3.63, 3.8) is 0 Å². The zero-order chi connectivity index (χ0) is 40.7. The molecule has 2 N–H and O–H groups in total. The number of ether oxygens (including phenoxy) is 3. The van der Waals surface area contributed by atoms with E-state index in [0.29, 0.717) is 18.1 Å². The summed E-state index contributed by atoms with van der Waals surface area (Å²) < 4.78 is 33.5. The molecule has 0 saturated carbocycles. The Morgan fingerprint density at radius 2 is 1.27 bits per heavy atom. The summed E-state index contributed by atoms with van der Waals surface area (Å²) in [5.74, 6) is 2.13. The van der Waals surface area contributed by atoms with Gasteiger partial charge >= 0.3 is 0 Å². The van der Waals surface area contributed by atoms with Gasteiger partial charge in [0.15, 0.2) is 22.9 Å². The molecular formula is C44H60N4O6Si2. The number of nitrogens with one attached hydrogen (secondary N) is 1. The Labute approximate surface area is 334 Å². The number of anilines is 1. The largest absolute Gasteiger partial charge is 0.497 e. The Balaban J connectivity index is 1.44. The summed E-state index contributed by atoms with van der Waals surface area (Å²) in [7, 11) is -1.12. The molecule has 3 heterocycles. The molecule has 4 atom stereocenters. The molecule has 2 aromatic heterocycles. The second-order valence-electron chi connectivity index (χ2n) is 17.9. The van der Waals surface area contributed by atoms with Gasteiger partial charge < -0.3 is 38.1 Å². The topological polar surface area (TPSA) is 109 Å². The van der Waals surface area contributed by atoms with E-state index in [1.54, 1.807) is 20.5 Å². The smallest absolute Gasteiger partial charge is 0.192 e. The van der Waals surface area contributed by atoms with Gasteiger partial charge in [0, 0.05) is 6.20 Å². The van der Waals surface area contributed by atoms with Crippen LogP contribution in [-0.2, 0) is 19.1 Å². The van der Waals surface area contributed by atoms with Crippen molar-refractivity contribution in [1.29, 1.82) is 0 Å². The van der Waals surface area contributed by atoms with Gasteiger partial charge in [0.25, 0.3) is 0 Å². The lowest BCUT2D eigenvalue weighted by molar-refractivity contribution is -0.0485. The van der Waals surface area contributed by atoms with Gasteiger partial charge in [-0.2, -0.15) is 0 Å². The molecule has 0 radical (unpaired) electrons. The molecule has 0 bridgehead atoms. The van der Waals surface area contributed by atoms with Crippen molar-refractivity contribution in [3.8, 4) is 11.5 Å². The zero-order valence-corrected chi connectivity index (χ0v) is 37.1. The van der Waals surface area contributed by atoms with E-state index < -0.39 is 46.7 Å². The summed E-state index contributed by atoms with van der Waals surface area (Å²) in [6, 6.07) is 28.5. The van der Waals surface area contributed by atoms with E-state index in [1.165, 1.54) is 0 Å². The fourth-order valence-corrected chi connectivity index (χ4v) is 9.13. The van der Waals surface area contributed by atoms with E-state index in [-0.39, 0.29) is 10.1 Å². The third-order valence-corrected chi connectivity index (χ3v) is 21.3. The SMILES string of the molecule is COc1ccc(C(Nc2ncnc3c2ccn3C2O[C@H](CO[Si](C)(C)C(C)(C)C)[C@@H](O[Si](C)(C)C(C)(C)C)[C@H]2O)(c2ccccc2)c2ccc(OC)cc2)cc1. The number of benzene rings is 3. The van der Waals surface area contributed by atoms with Gasteiger partial charge in [-0.25, -0.2) is 9.97 Å². The number of nitrogens with zero attached hydrogens (tertiary/aromatic N) is 3. The summed E-state index contributed by atoms with van der Waals surface area (Å²) in [6.07, 6.45) is 0.678. The van der Waals surface area contributed by atoms with Crippen LogP contribution in [0.1, 0.15) is 64.5 Å². The van der Waals surface area contributed by atoms with E-state index in [0.717, 1.165) is 33.6 Å². The molecule has 1 fully saturated rings. The minimum absolute atomic E-state index is 0.0168. The fraction of sp³-hybridized carbons (Fsp3) is 0.455. The second kappa shape index (κ2) is 15.7. The van der Waals surface area contributed by atoms with Gasteiger partial charge in [-0.15, -0.1) is 0 Å². The number of fused-ring (bicyclic) bond motifs is 1.